The summed E-state index contributed by atoms with van der Waals surface area (Å²) in [6.45, 7) is 1.83. The van der Waals surface area contributed by atoms with E-state index < -0.39 is 17.6 Å². The summed E-state index contributed by atoms with van der Waals surface area (Å²) >= 11 is 6.00. The molecular formula is C17H20ClFN2O. The SMILES string of the molecule is CC[C@@H](N)c1ccc(Cl)c(C(=O)c2cccc(C#N)c2)c1F.[HH].[HH].[HH]. The van der Waals surface area contributed by atoms with E-state index in [9.17, 15) is 9.18 Å². The van der Waals surface area contributed by atoms with Gasteiger partial charge in [-0.15, -0.1) is 0 Å². The van der Waals surface area contributed by atoms with Gasteiger partial charge in [0.2, 0.25) is 0 Å². The second kappa shape index (κ2) is 6.69. The van der Waals surface area contributed by atoms with Gasteiger partial charge in [-0.05, 0) is 24.6 Å². The smallest absolute Gasteiger partial charge is 0.197 e. The number of benzene rings is 2. The van der Waals surface area contributed by atoms with Crippen molar-refractivity contribution in [3.8, 4) is 6.07 Å². The second-order valence-corrected chi connectivity index (χ2v) is 5.27. The van der Waals surface area contributed by atoms with E-state index in [4.69, 9.17) is 22.6 Å². The van der Waals surface area contributed by atoms with Crippen LogP contribution in [0.5, 0.6) is 0 Å². The Morgan fingerprint density at radius 2 is 2.18 bits per heavy atom. The molecule has 0 bridgehead atoms. The van der Waals surface area contributed by atoms with Crippen LogP contribution in [0.25, 0.3) is 0 Å². The predicted molar refractivity (Wildman–Crippen MR) is 89.6 cm³/mol. The predicted octanol–water partition coefficient (Wildman–Crippen LogP) is 4.73. The van der Waals surface area contributed by atoms with Gasteiger partial charge in [0.15, 0.2) is 5.78 Å². The first-order chi connectivity index (χ1) is 10.5. The molecular weight excluding hydrogens is 303 g/mol. The highest BCUT2D eigenvalue weighted by Crippen LogP contribution is 2.28. The standard InChI is InChI=1S/C17H14ClFN2O.3H2/c1-2-14(21)12-6-7-13(18)15(16(12)19)17(22)11-5-3-4-10(8-11)9-20;;;/h3-8,14H,2,21H2,1H3;3*1H/t14-;;;/m1.../s1. The Morgan fingerprint density at radius 3 is 2.82 bits per heavy atom. The van der Waals surface area contributed by atoms with Crippen molar-refractivity contribution >= 4 is 17.4 Å². The maximum Gasteiger partial charge on any atom is 0.197 e. The molecule has 0 spiro atoms. The van der Waals surface area contributed by atoms with Gasteiger partial charge in [0, 0.05) is 21.4 Å². The minimum absolute atomic E-state index is 0. The van der Waals surface area contributed by atoms with E-state index in [0.717, 1.165) is 0 Å². The van der Waals surface area contributed by atoms with Crippen LogP contribution in [0.1, 0.15) is 50.7 Å². The average Bonchev–Trinajstić information content (AvgIpc) is 2.54. The van der Waals surface area contributed by atoms with Crippen molar-refractivity contribution in [1.82, 2.24) is 0 Å². The van der Waals surface area contributed by atoms with Crippen LogP contribution in [0.15, 0.2) is 36.4 Å². The first kappa shape index (κ1) is 16.2. The van der Waals surface area contributed by atoms with Crippen molar-refractivity contribution in [2.45, 2.75) is 19.4 Å². The normalized spacial score (nSPS) is 11.8. The number of carbonyl (C=O) groups excluding carboxylic acids is 1. The zero-order valence-corrected chi connectivity index (χ0v) is 12.7. The van der Waals surface area contributed by atoms with E-state index >= 15 is 0 Å². The van der Waals surface area contributed by atoms with Crippen LogP contribution in [0.4, 0.5) is 4.39 Å². The van der Waals surface area contributed by atoms with Crippen molar-refractivity contribution in [1.29, 1.82) is 5.26 Å². The third-order valence-corrected chi connectivity index (χ3v) is 3.76. The molecule has 1 atom stereocenters. The molecule has 118 valence electrons. The van der Waals surface area contributed by atoms with Crippen LogP contribution in [0.3, 0.4) is 0 Å². The maximum atomic E-state index is 14.6. The summed E-state index contributed by atoms with van der Waals surface area (Å²) in [5, 5.41) is 8.92. The van der Waals surface area contributed by atoms with Crippen molar-refractivity contribution < 1.29 is 13.5 Å². The van der Waals surface area contributed by atoms with Crippen LogP contribution >= 0.6 is 11.6 Å². The van der Waals surface area contributed by atoms with Crippen molar-refractivity contribution in [2.24, 2.45) is 5.73 Å². The molecule has 5 heteroatoms. The lowest BCUT2D eigenvalue weighted by molar-refractivity contribution is 0.103. The van der Waals surface area contributed by atoms with E-state index in [1.165, 1.54) is 24.3 Å². The van der Waals surface area contributed by atoms with Gasteiger partial charge in [-0.25, -0.2) is 4.39 Å². The highest BCUT2D eigenvalue weighted by molar-refractivity contribution is 6.35. The van der Waals surface area contributed by atoms with E-state index in [1.807, 2.05) is 13.0 Å². The molecule has 0 saturated carbocycles. The highest BCUT2D eigenvalue weighted by atomic mass is 35.5. The Labute approximate surface area is 137 Å². The lowest BCUT2D eigenvalue weighted by Gasteiger charge is -2.14. The Morgan fingerprint density at radius 1 is 1.45 bits per heavy atom. The van der Waals surface area contributed by atoms with Crippen LogP contribution in [-0.4, -0.2) is 5.78 Å². The molecule has 3 nitrogen and oxygen atoms in total. The molecule has 0 aliphatic rings. The van der Waals surface area contributed by atoms with E-state index in [0.29, 0.717) is 12.0 Å². The molecule has 0 aliphatic carbocycles. The summed E-state index contributed by atoms with van der Waals surface area (Å²) in [5.74, 6) is -1.26. The van der Waals surface area contributed by atoms with Gasteiger partial charge in [0.25, 0.3) is 0 Å². The van der Waals surface area contributed by atoms with Gasteiger partial charge in [-0.1, -0.05) is 36.7 Å². The van der Waals surface area contributed by atoms with Crippen LogP contribution in [0, 0.1) is 17.1 Å². The van der Waals surface area contributed by atoms with Crippen LogP contribution < -0.4 is 5.73 Å². The Balaban J connectivity index is 0. The van der Waals surface area contributed by atoms with E-state index in [-0.39, 0.29) is 26.0 Å². The average molecular weight is 323 g/mol. The minimum atomic E-state index is -0.700. The largest absolute Gasteiger partial charge is 0.324 e. The number of hydrogen-bond acceptors (Lipinski definition) is 3. The fraction of sp³-hybridized carbons (Fsp3) is 0.176. The number of nitrogens with two attached hydrogens (primary N) is 1. The third kappa shape index (κ3) is 3.01. The monoisotopic (exact) mass is 322 g/mol. The first-order valence-electron chi connectivity index (χ1n) is 6.78. The number of nitriles is 1. The molecule has 2 aromatic carbocycles. The third-order valence-electron chi connectivity index (χ3n) is 3.44. The zero-order chi connectivity index (χ0) is 16.3. The van der Waals surface area contributed by atoms with Crippen molar-refractivity contribution in [3.05, 3.63) is 69.5 Å². The molecule has 0 saturated heterocycles. The topological polar surface area (TPSA) is 66.9 Å². The number of carbonyl (C=O) groups is 1. The molecule has 2 rings (SSSR count). The van der Waals surface area contributed by atoms with Gasteiger partial charge in [-0.3, -0.25) is 4.79 Å². The fourth-order valence-corrected chi connectivity index (χ4v) is 2.39. The molecule has 0 heterocycles. The van der Waals surface area contributed by atoms with E-state index in [1.54, 1.807) is 12.1 Å². The highest BCUT2D eigenvalue weighted by Gasteiger charge is 2.22. The summed E-state index contributed by atoms with van der Waals surface area (Å²) in [7, 11) is 0. The summed E-state index contributed by atoms with van der Waals surface area (Å²) in [6.07, 6.45) is 0.538. The molecule has 2 aromatic rings. The summed E-state index contributed by atoms with van der Waals surface area (Å²) in [4.78, 5) is 12.5. The van der Waals surface area contributed by atoms with Crippen molar-refractivity contribution in [2.75, 3.05) is 0 Å². The number of ketones is 1. The lowest BCUT2D eigenvalue weighted by Crippen LogP contribution is -2.14. The lowest BCUT2D eigenvalue weighted by atomic mass is 9.96. The fourth-order valence-electron chi connectivity index (χ4n) is 2.16. The Bertz CT molecular complexity index is 781. The van der Waals surface area contributed by atoms with Gasteiger partial charge >= 0.3 is 0 Å². The number of nitrogens with zero attached hydrogens (tertiary/aromatic N) is 1. The van der Waals surface area contributed by atoms with Crippen LogP contribution in [0.2, 0.25) is 5.02 Å². The molecule has 0 aliphatic heterocycles. The summed E-state index contributed by atoms with van der Waals surface area (Å²) < 4.78 is 14.6. The number of rotatable bonds is 4. The minimum Gasteiger partial charge on any atom is -0.324 e. The van der Waals surface area contributed by atoms with Crippen molar-refractivity contribution in [3.63, 3.8) is 0 Å². The van der Waals surface area contributed by atoms with Gasteiger partial charge in [0.1, 0.15) is 5.82 Å². The summed E-state index contributed by atoms with van der Waals surface area (Å²) in [6, 6.07) is 10.5. The summed E-state index contributed by atoms with van der Waals surface area (Å²) in [5.41, 5.74) is 6.44. The van der Waals surface area contributed by atoms with Crippen LogP contribution in [-0.2, 0) is 0 Å². The zero-order valence-electron chi connectivity index (χ0n) is 11.9. The molecule has 0 radical (unpaired) electrons. The maximum absolute atomic E-state index is 14.6. The quantitative estimate of drug-likeness (QED) is 0.827. The number of halogens is 2. The Hall–Kier alpha value is -2.22. The van der Waals surface area contributed by atoms with Gasteiger partial charge in [-0.2, -0.15) is 5.26 Å². The molecule has 2 N–H and O–H groups in total. The van der Waals surface area contributed by atoms with Gasteiger partial charge in [0.05, 0.1) is 22.2 Å². The molecule has 0 aromatic heterocycles. The molecule has 22 heavy (non-hydrogen) atoms. The molecule has 0 unspecified atom stereocenters. The molecule has 0 fully saturated rings. The van der Waals surface area contributed by atoms with E-state index in [2.05, 4.69) is 0 Å². The van der Waals surface area contributed by atoms with Gasteiger partial charge < -0.3 is 5.73 Å². The molecule has 0 amide bonds. The Kier molecular flexibility index (Phi) is 4.92. The first-order valence-corrected chi connectivity index (χ1v) is 7.15. The number of hydrogen-bond donors (Lipinski definition) is 1. The second-order valence-electron chi connectivity index (χ2n) is 4.86.